The van der Waals surface area contributed by atoms with Gasteiger partial charge in [0, 0.05) is 13.1 Å². The number of likely N-dealkylation sites (tertiary alicyclic amines) is 1. The predicted octanol–water partition coefficient (Wildman–Crippen LogP) is 0.942. The average Bonchev–Trinajstić information content (AvgIpc) is 3.04. The molecule has 0 amide bonds. The Morgan fingerprint density at radius 2 is 2.12 bits per heavy atom. The van der Waals surface area contributed by atoms with Crippen molar-refractivity contribution in [1.82, 2.24) is 4.90 Å². The molecule has 16 heavy (non-hydrogen) atoms. The highest BCUT2D eigenvalue weighted by Gasteiger charge is 2.35. The van der Waals surface area contributed by atoms with Crippen molar-refractivity contribution in [2.75, 3.05) is 13.1 Å². The number of aliphatic hydroxyl groups excluding tert-OH is 1. The highest BCUT2D eigenvalue weighted by Crippen LogP contribution is 2.38. The fourth-order valence-corrected chi connectivity index (χ4v) is 2.57. The molecule has 0 bridgehead atoms. The third-order valence-electron chi connectivity index (χ3n) is 3.96. The van der Waals surface area contributed by atoms with E-state index in [-0.39, 0.29) is 12.0 Å². The number of aliphatic carboxylic acids is 1. The van der Waals surface area contributed by atoms with E-state index in [1.807, 2.05) is 4.90 Å². The molecule has 1 saturated heterocycles. The number of carboxylic acid groups (broad SMARTS) is 1. The number of carbonyl (C=O) groups is 1. The Balaban J connectivity index is 1.89. The van der Waals surface area contributed by atoms with Gasteiger partial charge in [0.05, 0.1) is 6.10 Å². The van der Waals surface area contributed by atoms with Crippen LogP contribution >= 0.6 is 0 Å². The molecule has 1 saturated carbocycles. The number of rotatable bonds is 4. The van der Waals surface area contributed by atoms with Gasteiger partial charge < -0.3 is 10.2 Å². The zero-order chi connectivity index (χ0) is 11.7. The summed E-state index contributed by atoms with van der Waals surface area (Å²) < 4.78 is 0. The van der Waals surface area contributed by atoms with Crippen molar-refractivity contribution in [2.45, 2.75) is 44.8 Å². The van der Waals surface area contributed by atoms with Crippen molar-refractivity contribution < 1.29 is 15.0 Å². The Morgan fingerprint density at radius 1 is 1.44 bits per heavy atom. The number of aliphatic hydroxyl groups is 1. The van der Waals surface area contributed by atoms with Gasteiger partial charge in [0.1, 0.15) is 6.04 Å². The minimum atomic E-state index is -0.762. The number of carboxylic acids is 1. The van der Waals surface area contributed by atoms with E-state index in [0.29, 0.717) is 6.54 Å². The summed E-state index contributed by atoms with van der Waals surface area (Å²) in [5, 5.41) is 18.9. The van der Waals surface area contributed by atoms with Gasteiger partial charge in [0.25, 0.3) is 0 Å². The number of nitrogens with zero attached hydrogens (tertiary/aromatic N) is 1. The molecule has 0 unspecified atom stereocenters. The normalized spacial score (nSPS) is 33.6. The first-order chi connectivity index (χ1) is 7.58. The van der Waals surface area contributed by atoms with Gasteiger partial charge >= 0.3 is 5.97 Å². The Morgan fingerprint density at radius 3 is 2.69 bits per heavy atom. The first-order valence-corrected chi connectivity index (χ1v) is 6.23. The summed E-state index contributed by atoms with van der Waals surface area (Å²) in [6, 6.07) is -0.422. The summed E-state index contributed by atoms with van der Waals surface area (Å²) >= 11 is 0. The Bertz CT molecular complexity index is 265. The molecule has 3 atom stereocenters. The maximum absolute atomic E-state index is 10.9. The largest absolute Gasteiger partial charge is 0.480 e. The molecule has 0 spiro atoms. The lowest BCUT2D eigenvalue weighted by atomic mass is 9.89. The van der Waals surface area contributed by atoms with Crippen LogP contribution in [0.2, 0.25) is 0 Å². The molecule has 1 aliphatic heterocycles. The summed E-state index contributed by atoms with van der Waals surface area (Å²) in [5.41, 5.74) is 0. The average molecular weight is 227 g/mol. The monoisotopic (exact) mass is 227 g/mol. The zero-order valence-corrected chi connectivity index (χ0v) is 9.80. The zero-order valence-electron chi connectivity index (χ0n) is 9.80. The summed E-state index contributed by atoms with van der Waals surface area (Å²) in [4.78, 5) is 12.9. The molecule has 92 valence electrons. The second kappa shape index (κ2) is 4.72. The van der Waals surface area contributed by atoms with Crippen molar-refractivity contribution in [3.63, 3.8) is 0 Å². The Labute approximate surface area is 96.3 Å². The standard InChI is InChI=1S/C12H21NO3/c1-8(12(15)16)13-5-4-11(14)10(7-13)6-9-2-3-9/h8-11,14H,2-7H2,1H3,(H,15,16)/t8-,10-,11+/m1/s1. The predicted molar refractivity (Wildman–Crippen MR) is 60.1 cm³/mol. The maximum atomic E-state index is 10.9. The van der Waals surface area contributed by atoms with Crippen LogP contribution in [0.25, 0.3) is 0 Å². The fourth-order valence-electron chi connectivity index (χ4n) is 2.57. The molecule has 0 radical (unpaired) electrons. The van der Waals surface area contributed by atoms with Crippen molar-refractivity contribution in [3.05, 3.63) is 0 Å². The molecular formula is C12H21NO3. The molecule has 2 N–H and O–H groups in total. The molecule has 2 aliphatic rings. The van der Waals surface area contributed by atoms with Crippen LogP contribution in [-0.4, -0.2) is 46.3 Å². The van der Waals surface area contributed by atoms with E-state index >= 15 is 0 Å². The van der Waals surface area contributed by atoms with Crippen LogP contribution in [0.1, 0.15) is 32.6 Å². The van der Waals surface area contributed by atoms with Gasteiger partial charge in [-0.2, -0.15) is 0 Å². The molecule has 0 aromatic heterocycles. The highest BCUT2D eigenvalue weighted by atomic mass is 16.4. The summed E-state index contributed by atoms with van der Waals surface area (Å²) in [5.74, 6) is 0.310. The lowest BCUT2D eigenvalue weighted by Crippen LogP contribution is -2.49. The Kier molecular flexibility index (Phi) is 3.50. The fraction of sp³-hybridized carbons (Fsp3) is 0.917. The second-order valence-electron chi connectivity index (χ2n) is 5.30. The summed E-state index contributed by atoms with van der Waals surface area (Å²) in [6.07, 6.45) is 4.15. The molecule has 0 aromatic rings. The van der Waals surface area contributed by atoms with Gasteiger partial charge in [-0.3, -0.25) is 9.69 Å². The van der Waals surface area contributed by atoms with Gasteiger partial charge in [-0.25, -0.2) is 0 Å². The Hall–Kier alpha value is -0.610. The van der Waals surface area contributed by atoms with E-state index in [4.69, 9.17) is 5.11 Å². The second-order valence-corrected chi connectivity index (χ2v) is 5.30. The van der Waals surface area contributed by atoms with Gasteiger partial charge in [-0.15, -0.1) is 0 Å². The molecular weight excluding hydrogens is 206 g/mol. The van der Waals surface area contributed by atoms with Crippen LogP contribution < -0.4 is 0 Å². The smallest absolute Gasteiger partial charge is 0.320 e. The third kappa shape index (κ3) is 2.74. The molecule has 1 aliphatic carbocycles. The van der Waals surface area contributed by atoms with Crippen molar-refractivity contribution in [2.24, 2.45) is 11.8 Å². The number of piperidine rings is 1. The molecule has 4 heteroatoms. The first-order valence-electron chi connectivity index (χ1n) is 6.23. The van der Waals surface area contributed by atoms with Crippen LogP contribution in [0.5, 0.6) is 0 Å². The molecule has 2 rings (SSSR count). The number of hydrogen-bond acceptors (Lipinski definition) is 3. The van der Waals surface area contributed by atoms with E-state index in [0.717, 1.165) is 25.3 Å². The van der Waals surface area contributed by atoms with Gasteiger partial charge in [-0.05, 0) is 31.6 Å². The van der Waals surface area contributed by atoms with Crippen molar-refractivity contribution >= 4 is 5.97 Å². The van der Waals surface area contributed by atoms with E-state index in [9.17, 15) is 9.90 Å². The topological polar surface area (TPSA) is 60.8 Å². The van der Waals surface area contributed by atoms with E-state index in [2.05, 4.69) is 0 Å². The molecule has 0 aromatic carbocycles. The van der Waals surface area contributed by atoms with Crippen LogP contribution in [0, 0.1) is 11.8 Å². The van der Waals surface area contributed by atoms with Crippen LogP contribution in [0.3, 0.4) is 0 Å². The first kappa shape index (κ1) is 11.9. The van der Waals surface area contributed by atoms with Gasteiger partial charge in [-0.1, -0.05) is 12.8 Å². The van der Waals surface area contributed by atoms with Gasteiger partial charge in [0.15, 0.2) is 0 Å². The lowest BCUT2D eigenvalue weighted by molar-refractivity contribution is -0.144. The summed E-state index contributed by atoms with van der Waals surface area (Å²) in [6.45, 7) is 3.18. The molecule has 4 nitrogen and oxygen atoms in total. The van der Waals surface area contributed by atoms with Crippen molar-refractivity contribution in [3.8, 4) is 0 Å². The van der Waals surface area contributed by atoms with Crippen molar-refractivity contribution in [1.29, 1.82) is 0 Å². The lowest BCUT2D eigenvalue weighted by Gasteiger charge is -2.38. The quantitative estimate of drug-likeness (QED) is 0.750. The van der Waals surface area contributed by atoms with Crippen LogP contribution in [-0.2, 0) is 4.79 Å². The van der Waals surface area contributed by atoms with E-state index in [1.54, 1.807) is 6.92 Å². The van der Waals surface area contributed by atoms with Gasteiger partial charge in [0.2, 0.25) is 0 Å². The number of hydrogen-bond donors (Lipinski definition) is 2. The van der Waals surface area contributed by atoms with E-state index < -0.39 is 12.0 Å². The highest BCUT2D eigenvalue weighted by molar-refractivity contribution is 5.72. The maximum Gasteiger partial charge on any atom is 0.320 e. The van der Waals surface area contributed by atoms with Crippen LogP contribution in [0.4, 0.5) is 0 Å². The van der Waals surface area contributed by atoms with E-state index in [1.165, 1.54) is 12.8 Å². The SMILES string of the molecule is C[C@H](C(=O)O)N1CC[C@H](O)[C@H](CC2CC2)C1. The molecule has 1 heterocycles. The minimum Gasteiger partial charge on any atom is -0.480 e. The third-order valence-corrected chi connectivity index (χ3v) is 3.96. The van der Waals surface area contributed by atoms with Crippen LogP contribution in [0.15, 0.2) is 0 Å². The minimum absolute atomic E-state index is 0.224. The summed E-state index contributed by atoms with van der Waals surface area (Å²) in [7, 11) is 0. The molecule has 2 fully saturated rings.